The number of fused-ring (bicyclic) bond motifs is 1. The molecule has 166 valence electrons. The van der Waals surface area contributed by atoms with Crippen LogP contribution in [0.4, 0.5) is 5.69 Å². The summed E-state index contributed by atoms with van der Waals surface area (Å²) in [6, 6.07) is 10.1. The Morgan fingerprint density at radius 2 is 1.66 bits per heavy atom. The molecule has 4 rings (SSSR count). The zero-order valence-corrected chi connectivity index (χ0v) is 18.4. The van der Waals surface area contributed by atoms with Crippen molar-refractivity contribution in [2.24, 2.45) is 11.8 Å². The summed E-state index contributed by atoms with van der Waals surface area (Å²) in [5.41, 5.74) is -0.108. The molecule has 1 saturated heterocycles. The van der Waals surface area contributed by atoms with E-state index in [-0.39, 0.29) is 17.1 Å². The van der Waals surface area contributed by atoms with Crippen molar-refractivity contribution in [3.05, 3.63) is 73.8 Å². The molecular weight excluding hydrogens is 457 g/mol. The molecule has 1 saturated carbocycles. The van der Waals surface area contributed by atoms with E-state index < -0.39 is 40.2 Å². The summed E-state index contributed by atoms with van der Waals surface area (Å²) >= 11 is 12.1. The second-order valence-corrected chi connectivity index (χ2v) is 8.69. The van der Waals surface area contributed by atoms with Crippen molar-refractivity contribution in [2.75, 3.05) is 0 Å². The predicted molar refractivity (Wildman–Crippen MR) is 117 cm³/mol. The third kappa shape index (κ3) is 3.96. The van der Waals surface area contributed by atoms with E-state index >= 15 is 0 Å². The third-order valence-corrected chi connectivity index (χ3v) is 6.68. The minimum absolute atomic E-state index is 0.182. The second kappa shape index (κ2) is 8.88. The summed E-state index contributed by atoms with van der Waals surface area (Å²) in [4.78, 5) is 50.7. The lowest BCUT2D eigenvalue weighted by Crippen LogP contribution is -2.49. The van der Waals surface area contributed by atoms with Gasteiger partial charge in [0.2, 0.25) is 0 Å². The third-order valence-electron chi connectivity index (χ3n) is 5.94. The lowest BCUT2D eigenvalue weighted by atomic mass is 9.81. The van der Waals surface area contributed by atoms with E-state index in [9.17, 15) is 24.5 Å². The fourth-order valence-corrected chi connectivity index (χ4v) is 4.70. The highest BCUT2D eigenvalue weighted by Crippen LogP contribution is 2.39. The number of carbonyl (C=O) groups excluding carboxylic acids is 3. The van der Waals surface area contributed by atoms with Crippen LogP contribution in [-0.2, 0) is 16.1 Å². The Balaban J connectivity index is 1.77. The summed E-state index contributed by atoms with van der Waals surface area (Å²) in [6.45, 7) is -0.182. The van der Waals surface area contributed by atoms with Gasteiger partial charge in [-0.1, -0.05) is 54.2 Å². The molecule has 10 heteroatoms. The Labute approximate surface area is 193 Å². The van der Waals surface area contributed by atoms with Crippen LogP contribution in [0, 0.1) is 22.0 Å². The number of rotatable bonds is 5. The summed E-state index contributed by atoms with van der Waals surface area (Å²) in [6.07, 6.45) is 2.82. The molecule has 0 radical (unpaired) electrons. The van der Waals surface area contributed by atoms with Crippen LogP contribution in [0.1, 0.15) is 41.6 Å². The van der Waals surface area contributed by atoms with Gasteiger partial charge in [0.25, 0.3) is 23.4 Å². The van der Waals surface area contributed by atoms with Gasteiger partial charge < -0.3 is 0 Å². The van der Waals surface area contributed by atoms with E-state index in [1.165, 1.54) is 30.3 Å². The van der Waals surface area contributed by atoms with Crippen molar-refractivity contribution >= 4 is 46.6 Å². The number of hydrogen-bond donors (Lipinski definition) is 0. The highest BCUT2D eigenvalue weighted by Gasteiger charge is 2.51. The molecule has 3 amide bonds. The Bertz CT molecular complexity index is 1100. The van der Waals surface area contributed by atoms with Gasteiger partial charge in [-0.05, 0) is 36.6 Å². The standard InChI is InChI=1S/C22H19Cl2N3O5/c23-17-10-9-13(11-18(17)24)12-25(20(28)16-7-3-4-8-19(16)27(31)32)26-21(29)14-5-1-2-6-15(14)22(26)30/h3-4,7-11,14-15H,1-2,5-6,12H2/t14-,15+. The molecule has 0 spiro atoms. The van der Waals surface area contributed by atoms with Crippen LogP contribution >= 0.6 is 23.2 Å². The molecule has 8 nitrogen and oxygen atoms in total. The maximum atomic E-state index is 13.5. The minimum atomic E-state index is -0.816. The zero-order chi connectivity index (χ0) is 23.0. The maximum Gasteiger partial charge on any atom is 0.282 e. The van der Waals surface area contributed by atoms with Gasteiger partial charge in [-0.2, -0.15) is 5.01 Å². The van der Waals surface area contributed by atoms with Crippen LogP contribution in [0.15, 0.2) is 42.5 Å². The molecule has 0 unspecified atom stereocenters. The number of hydrogen-bond acceptors (Lipinski definition) is 5. The first-order valence-electron chi connectivity index (χ1n) is 10.2. The maximum absolute atomic E-state index is 13.5. The Morgan fingerprint density at radius 3 is 2.25 bits per heavy atom. The number of para-hydroxylation sites is 1. The molecule has 2 aliphatic rings. The molecule has 1 aliphatic carbocycles. The Kier molecular flexibility index (Phi) is 6.17. The van der Waals surface area contributed by atoms with Crippen LogP contribution in [0.25, 0.3) is 0 Å². The number of nitro groups is 1. The lowest BCUT2D eigenvalue weighted by Gasteiger charge is -2.30. The number of nitrogens with zero attached hydrogens (tertiary/aromatic N) is 3. The van der Waals surface area contributed by atoms with Gasteiger partial charge in [0.1, 0.15) is 5.56 Å². The fourth-order valence-electron chi connectivity index (χ4n) is 4.38. The Morgan fingerprint density at radius 1 is 1.03 bits per heavy atom. The largest absolute Gasteiger partial charge is 0.282 e. The van der Waals surface area contributed by atoms with Crippen molar-refractivity contribution in [3.63, 3.8) is 0 Å². The van der Waals surface area contributed by atoms with Crippen LogP contribution in [0.3, 0.4) is 0 Å². The average Bonchev–Trinajstić information content (AvgIpc) is 3.04. The van der Waals surface area contributed by atoms with Gasteiger partial charge in [0, 0.05) is 6.07 Å². The van der Waals surface area contributed by atoms with Crippen LogP contribution in [-0.4, -0.2) is 32.7 Å². The molecule has 2 aromatic rings. The van der Waals surface area contributed by atoms with Crippen LogP contribution in [0.5, 0.6) is 0 Å². The van der Waals surface area contributed by atoms with Crippen molar-refractivity contribution in [1.82, 2.24) is 10.0 Å². The number of amides is 3. The van der Waals surface area contributed by atoms with Crippen molar-refractivity contribution in [1.29, 1.82) is 0 Å². The number of carbonyl (C=O) groups is 3. The average molecular weight is 476 g/mol. The molecule has 0 aromatic heterocycles. The normalized spacial score (nSPS) is 20.2. The van der Waals surface area contributed by atoms with Gasteiger partial charge in [0.05, 0.1) is 33.3 Å². The van der Waals surface area contributed by atoms with E-state index in [1.54, 1.807) is 12.1 Å². The quantitative estimate of drug-likeness (QED) is 0.356. The first-order valence-corrected chi connectivity index (χ1v) is 10.9. The summed E-state index contributed by atoms with van der Waals surface area (Å²) in [7, 11) is 0. The molecule has 0 bridgehead atoms. The predicted octanol–water partition coefficient (Wildman–Crippen LogP) is 4.63. The first kappa shape index (κ1) is 22.2. The summed E-state index contributed by atoms with van der Waals surface area (Å²) in [5.74, 6) is -2.68. The minimum Gasteiger partial charge on any atom is -0.272 e. The van der Waals surface area contributed by atoms with Gasteiger partial charge in [-0.15, -0.1) is 0 Å². The first-order chi connectivity index (χ1) is 15.3. The summed E-state index contributed by atoms with van der Waals surface area (Å²) < 4.78 is 0. The Hall–Kier alpha value is -2.97. The molecule has 1 heterocycles. The van der Waals surface area contributed by atoms with Crippen molar-refractivity contribution < 1.29 is 19.3 Å². The molecule has 2 atom stereocenters. The van der Waals surface area contributed by atoms with E-state index in [4.69, 9.17) is 23.2 Å². The number of benzene rings is 2. The van der Waals surface area contributed by atoms with Gasteiger partial charge in [0.15, 0.2) is 0 Å². The van der Waals surface area contributed by atoms with E-state index in [2.05, 4.69) is 0 Å². The fraction of sp³-hybridized carbons (Fsp3) is 0.318. The van der Waals surface area contributed by atoms with E-state index in [0.29, 0.717) is 23.4 Å². The number of imide groups is 1. The highest BCUT2D eigenvalue weighted by molar-refractivity contribution is 6.42. The van der Waals surface area contributed by atoms with Crippen LogP contribution < -0.4 is 0 Å². The number of halogens is 2. The zero-order valence-electron chi connectivity index (χ0n) is 16.9. The summed E-state index contributed by atoms with van der Waals surface area (Å²) in [5, 5.41) is 13.9. The molecule has 1 aliphatic heterocycles. The molecule has 2 aromatic carbocycles. The molecule has 32 heavy (non-hydrogen) atoms. The molecular formula is C22H19Cl2N3O5. The van der Waals surface area contributed by atoms with Crippen LogP contribution in [0.2, 0.25) is 10.0 Å². The van der Waals surface area contributed by atoms with E-state index in [1.807, 2.05) is 0 Å². The second-order valence-electron chi connectivity index (χ2n) is 7.87. The topological polar surface area (TPSA) is 101 Å². The van der Waals surface area contributed by atoms with Gasteiger partial charge in [-0.25, -0.2) is 5.01 Å². The lowest BCUT2D eigenvalue weighted by molar-refractivity contribution is -0.385. The highest BCUT2D eigenvalue weighted by atomic mass is 35.5. The van der Waals surface area contributed by atoms with Crippen molar-refractivity contribution in [2.45, 2.75) is 32.2 Å². The van der Waals surface area contributed by atoms with Gasteiger partial charge in [-0.3, -0.25) is 24.5 Å². The SMILES string of the molecule is O=C(c1ccccc1[N+](=O)[O-])N(Cc1ccc(Cl)c(Cl)c1)N1C(=O)[C@H]2CCCC[C@H]2C1=O. The monoisotopic (exact) mass is 475 g/mol. The smallest absolute Gasteiger partial charge is 0.272 e. The number of hydrazine groups is 1. The van der Waals surface area contributed by atoms with Crippen molar-refractivity contribution in [3.8, 4) is 0 Å². The molecule has 0 N–H and O–H groups in total. The molecule has 2 fully saturated rings. The van der Waals surface area contributed by atoms with E-state index in [0.717, 1.165) is 22.9 Å². The van der Waals surface area contributed by atoms with Gasteiger partial charge >= 0.3 is 0 Å². The number of nitro benzene ring substituents is 1.